The summed E-state index contributed by atoms with van der Waals surface area (Å²) in [5.41, 5.74) is 14.1. The van der Waals surface area contributed by atoms with Gasteiger partial charge in [0.2, 0.25) is 0 Å². The molecule has 0 spiro atoms. The molecule has 8 heteroatoms. The normalized spacial score (nSPS) is 16.7. The number of aryl methyl sites for hydroxylation is 1. The number of nitrogens with two attached hydrogens (primary N) is 1. The van der Waals surface area contributed by atoms with Crippen molar-refractivity contribution in [2.45, 2.75) is 39.2 Å². The van der Waals surface area contributed by atoms with Gasteiger partial charge in [0.05, 0.1) is 0 Å². The Bertz CT molecular complexity index is 1320. The third-order valence-electron chi connectivity index (χ3n) is 7.47. The Morgan fingerprint density at radius 3 is 2.21 bits per heavy atom. The summed E-state index contributed by atoms with van der Waals surface area (Å²) in [7, 11) is 2.17. The first-order valence-corrected chi connectivity index (χ1v) is 13.9. The first-order valence-electron chi connectivity index (χ1n) is 13.9. The molecular formula is C31H39N7O. The van der Waals surface area contributed by atoms with Gasteiger partial charge in [-0.25, -0.2) is 4.79 Å². The number of carbonyl (C=O) groups excluding carboxylic acids is 1. The lowest BCUT2D eigenvalue weighted by Gasteiger charge is -2.32. The number of urea groups is 1. The number of hydrogen-bond acceptors (Lipinski definition) is 5. The SMILES string of the molecule is CC/N=C(/N)c1c(-c2ccc(NC(=O)Nc3ccc(CN4CCN(C)CC4)cc3)cc2)cc(C2CC2)nc1C. The van der Waals surface area contributed by atoms with E-state index < -0.39 is 0 Å². The number of amides is 2. The van der Waals surface area contributed by atoms with Crippen molar-refractivity contribution in [1.29, 1.82) is 0 Å². The van der Waals surface area contributed by atoms with Crippen molar-refractivity contribution in [1.82, 2.24) is 14.8 Å². The van der Waals surface area contributed by atoms with Gasteiger partial charge in [-0.3, -0.25) is 14.9 Å². The first-order chi connectivity index (χ1) is 18.9. The summed E-state index contributed by atoms with van der Waals surface area (Å²) in [6.45, 7) is 9.90. The largest absolute Gasteiger partial charge is 0.383 e. The zero-order valence-corrected chi connectivity index (χ0v) is 23.2. The highest BCUT2D eigenvalue weighted by atomic mass is 16.2. The van der Waals surface area contributed by atoms with Crippen molar-refractivity contribution in [2.24, 2.45) is 10.7 Å². The molecule has 39 heavy (non-hydrogen) atoms. The minimum atomic E-state index is -0.273. The summed E-state index contributed by atoms with van der Waals surface area (Å²) in [6.07, 6.45) is 2.36. The van der Waals surface area contributed by atoms with E-state index in [1.165, 1.54) is 18.4 Å². The van der Waals surface area contributed by atoms with Crippen LogP contribution in [0.2, 0.25) is 0 Å². The molecule has 0 atom stereocenters. The van der Waals surface area contributed by atoms with E-state index in [0.717, 1.165) is 66.5 Å². The number of anilines is 2. The average Bonchev–Trinajstić information content (AvgIpc) is 3.77. The van der Waals surface area contributed by atoms with Crippen molar-refractivity contribution in [3.05, 3.63) is 77.1 Å². The predicted octanol–water partition coefficient (Wildman–Crippen LogP) is 5.05. The molecule has 0 unspecified atom stereocenters. The van der Waals surface area contributed by atoms with E-state index in [2.05, 4.69) is 50.7 Å². The summed E-state index contributed by atoms with van der Waals surface area (Å²) < 4.78 is 0. The third-order valence-corrected chi connectivity index (χ3v) is 7.47. The molecule has 0 bridgehead atoms. The van der Waals surface area contributed by atoms with Gasteiger partial charge in [-0.1, -0.05) is 24.3 Å². The van der Waals surface area contributed by atoms with E-state index in [0.29, 0.717) is 24.0 Å². The number of hydrogen-bond donors (Lipinski definition) is 3. The van der Waals surface area contributed by atoms with Gasteiger partial charge in [0.1, 0.15) is 5.84 Å². The number of carbonyl (C=O) groups is 1. The fourth-order valence-corrected chi connectivity index (χ4v) is 5.07. The Morgan fingerprint density at radius 1 is 1.00 bits per heavy atom. The molecule has 3 aromatic rings. The predicted molar refractivity (Wildman–Crippen MR) is 160 cm³/mol. The van der Waals surface area contributed by atoms with E-state index in [1.807, 2.05) is 50.2 Å². The van der Waals surface area contributed by atoms with Gasteiger partial charge in [0.25, 0.3) is 0 Å². The van der Waals surface area contributed by atoms with Crippen LogP contribution in [0.25, 0.3) is 11.1 Å². The van der Waals surface area contributed by atoms with Gasteiger partial charge < -0.3 is 21.3 Å². The molecule has 1 aliphatic heterocycles. The molecule has 0 radical (unpaired) electrons. The fraction of sp³-hybridized carbons (Fsp3) is 0.387. The maximum Gasteiger partial charge on any atom is 0.323 e. The van der Waals surface area contributed by atoms with E-state index in [-0.39, 0.29) is 6.03 Å². The standard InChI is InChI=1S/C31H39N7O/c1-4-33-30(32)29-21(2)34-28(24-7-8-24)19-27(29)23-9-13-26(14-10-23)36-31(39)35-25-11-5-22(6-12-25)20-38-17-15-37(3)16-18-38/h5-6,9-14,19,24H,4,7-8,15-18,20H2,1-3H3,(H2,32,33)(H2,35,36,39). The molecule has 2 fully saturated rings. The van der Waals surface area contributed by atoms with E-state index in [4.69, 9.17) is 10.7 Å². The van der Waals surface area contributed by atoms with Gasteiger partial charge in [-0.05, 0) is 80.8 Å². The van der Waals surface area contributed by atoms with Crippen LogP contribution >= 0.6 is 0 Å². The van der Waals surface area contributed by atoms with Crippen molar-refractivity contribution in [3.8, 4) is 11.1 Å². The highest BCUT2D eigenvalue weighted by molar-refractivity contribution is 6.05. The van der Waals surface area contributed by atoms with Gasteiger partial charge in [0.15, 0.2) is 0 Å². The molecule has 1 aromatic heterocycles. The van der Waals surface area contributed by atoms with Crippen molar-refractivity contribution < 1.29 is 4.79 Å². The lowest BCUT2D eigenvalue weighted by molar-refractivity contribution is 0.148. The fourth-order valence-electron chi connectivity index (χ4n) is 5.07. The zero-order valence-electron chi connectivity index (χ0n) is 23.2. The van der Waals surface area contributed by atoms with Gasteiger partial charge in [-0.15, -0.1) is 0 Å². The molecule has 8 nitrogen and oxygen atoms in total. The molecule has 4 N–H and O–H groups in total. The number of pyridine rings is 1. The number of piperazine rings is 1. The number of aliphatic imine (C=N–C) groups is 1. The lowest BCUT2D eigenvalue weighted by Crippen LogP contribution is -2.43. The van der Waals surface area contributed by atoms with Gasteiger partial charge in [-0.2, -0.15) is 0 Å². The highest BCUT2D eigenvalue weighted by Crippen LogP contribution is 2.41. The molecule has 2 aliphatic rings. The van der Waals surface area contributed by atoms with Gasteiger partial charge >= 0.3 is 6.03 Å². The number of likely N-dealkylation sites (N-methyl/N-ethyl adjacent to an activating group) is 1. The summed E-state index contributed by atoms with van der Waals surface area (Å²) in [6, 6.07) is 17.8. The van der Waals surface area contributed by atoms with Crippen LogP contribution in [0.15, 0.2) is 59.6 Å². The number of benzene rings is 2. The van der Waals surface area contributed by atoms with Gasteiger partial charge in [0, 0.05) is 73.5 Å². The summed E-state index contributed by atoms with van der Waals surface area (Å²) >= 11 is 0. The maximum absolute atomic E-state index is 12.7. The topological polar surface area (TPSA) is 98.9 Å². The molecule has 2 heterocycles. The van der Waals surface area contributed by atoms with Crippen LogP contribution in [0.4, 0.5) is 16.2 Å². The first kappa shape index (κ1) is 26.8. The molecule has 2 amide bonds. The van der Waals surface area contributed by atoms with Crippen LogP contribution in [0, 0.1) is 6.92 Å². The van der Waals surface area contributed by atoms with Crippen LogP contribution in [0.1, 0.15) is 48.2 Å². The Hall–Kier alpha value is -3.75. The third kappa shape index (κ3) is 6.82. The summed E-state index contributed by atoms with van der Waals surface area (Å²) in [5, 5.41) is 5.87. The van der Waals surface area contributed by atoms with Crippen molar-refractivity contribution in [2.75, 3.05) is 50.4 Å². The van der Waals surface area contributed by atoms with Crippen LogP contribution in [-0.4, -0.2) is 66.4 Å². The average molecular weight is 526 g/mol. The van der Waals surface area contributed by atoms with E-state index in [1.54, 1.807) is 0 Å². The van der Waals surface area contributed by atoms with E-state index in [9.17, 15) is 4.79 Å². The minimum absolute atomic E-state index is 0.273. The molecule has 2 aromatic carbocycles. The number of nitrogens with zero attached hydrogens (tertiary/aromatic N) is 4. The second kappa shape index (κ2) is 12.0. The maximum atomic E-state index is 12.7. The Morgan fingerprint density at radius 2 is 1.62 bits per heavy atom. The quantitative estimate of drug-likeness (QED) is 0.282. The summed E-state index contributed by atoms with van der Waals surface area (Å²) in [5.74, 6) is 1.04. The van der Waals surface area contributed by atoms with Crippen LogP contribution in [-0.2, 0) is 6.54 Å². The number of rotatable bonds is 8. The van der Waals surface area contributed by atoms with Crippen molar-refractivity contribution in [3.63, 3.8) is 0 Å². The molecule has 1 saturated heterocycles. The molecular weight excluding hydrogens is 486 g/mol. The van der Waals surface area contributed by atoms with Crippen molar-refractivity contribution >= 4 is 23.2 Å². The monoisotopic (exact) mass is 525 g/mol. The minimum Gasteiger partial charge on any atom is -0.383 e. The zero-order chi connectivity index (χ0) is 27.4. The van der Waals surface area contributed by atoms with Crippen LogP contribution in [0.5, 0.6) is 0 Å². The van der Waals surface area contributed by atoms with E-state index >= 15 is 0 Å². The Kier molecular flexibility index (Phi) is 8.24. The lowest BCUT2D eigenvalue weighted by atomic mass is 9.96. The highest BCUT2D eigenvalue weighted by Gasteiger charge is 2.27. The second-order valence-corrected chi connectivity index (χ2v) is 10.6. The Balaban J connectivity index is 1.23. The van der Waals surface area contributed by atoms with Crippen LogP contribution in [0.3, 0.4) is 0 Å². The number of amidine groups is 1. The van der Waals surface area contributed by atoms with Crippen LogP contribution < -0.4 is 16.4 Å². The smallest absolute Gasteiger partial charge is 0.323 e. The molecule has 204 valence electrons. The molecule has 5 rings (SSSR count). The number of aromatic nitrogens is 1. The molecule has 1 saturated carbocycles. The number of nitrogens with one attached hydrogen (secondary N) is 2. The second-order valence-electron chi connectivity index (χ2n) is 10.6. The Labute approximate surface area is 231 Å². The summed E-state index contributed by atoms with van der Waals surface area (Å²) in [4.78, 5) is 26.8. The molecule has 1 aliphatic carbocycles.